The fourth-order valence-electron chi connectivity index (χ4n) is 1.44. The molecule has 102 valence electrons. The van der Waals surface area contributed by atoms with Crippen LogP contribution in [0.4, 0.5) is 0 Å². The Bertz CT molecular complexity index is 668. The molecule has 19 heavy (non-hydrogen) atoms. The molecule has 0 fully saturated rings. The van der Waals surface area contributed by atoms with Gasteiger partial charge in [-0.05, 0) is 17.7 Å². The molecule has 0 N–H and O–H groups in total. The summed E-state index contributed by atoms with van der Waals surface area (Å²) in [5.74, 6) is 0. The molecule has 0 unspecified atom stereocenters. The molecule has 0 spiro atoms. The van der Waals surface area contributed by atoms with Crippen LogP contribution in [0, 0.1) is 0 Å². The molecule has 2 aromatic rings. The number of hydrogen-bond acceptors (Lipinski definition) is 4. The van der Waals surface area contributed by atoms with E-state index in [1.165, 1.54) is 17.5 Å². The molecule has 0 radical (unpaired) electrons. The third kappa shape index (κ3) is 3.46. The molecule has 8 heteroatoms. The minimum absolute atomic E-state index is 0.133. The first kappa shape index (κ1) is 14.7. The van der Waals surface area contributed by atoms with Gasteiger partial charge in [-0.15, -0.1) is 0 Å². The van der Waals surface area contributed by atoms with Gasteiger partial charge in [0.15, 0.2) is 8.68 Å². The largest absolute Gasteiger partial charge is 0.254 e. The van der Waals surface area contributed by atoms with Gasteiger partial charge in [0, 0.05) is 18.6 Å². The van der Waals surface area contributed by atoms with Crippen molar-refractivity contribution in [1.82, 2.24) is 9.29 Å². The number of nitrogens with zero attached hydrogens (tertiary/aromatic N) is 2. The first-order chi connectivity index (χ1) is 8.89. The van der Waals surface area contributed by atoms with E-state index in [4.69, 9.17) is 23.2 Å². The molecular weight excluding hydrogens is 327 g/mol. The zero-order valence-corrected chi connectivity index (χ0v) is 13.0. The predicted octanol–water partition coefficient (Wildman–Crippen LogP) is 3.27. The zero-order chi connectivity index (χ0) is 14.0. The molecule has 1 aromatic carbocycles. The minimum Gasteiger partial charge on any atom is -0.232 e. The van der Waals surface area contributed by atoms with Crippen molar-refractivity contribution in [3.63, 3.8) is 0 Å². The van der Waals surface area contributed by atoms with Crippen LogP contribution in [0.25, 0.3) is 0 Å². The smallest absolute Gasteiger partial charge is 0.232 e. The van der Waals surface area contributed by atoms with Crippen molar-refractivity contribution in [3.05, 3.63) is 45.5 Å². The highest BCUT2D eigenvalue weighted by Crippen LogP contribution is 2.25. The Hall–Kier alpha value is -0.660. The molecule has 0 saturated heterocycles. The summed E-state index contributed by atoms with van der Waals surface area (Å²) in [6.07, 6.45) is 1.26. The average molecular weight is 337 g/mol. The van der Waals surface area contributed by atoms with Gasteiger partial charge in [0.2, 0.25) is 0 Å². The second-order valence-corrected chi connectivity index (χ2v) is 8.14. The van der Waals surface area contributed by atoms with Crippen LogP contribution in [0.5, 0.6) is 0 Å². The first-order valence-corrected chi connectivity index (χ1v) is 8.23. The van der Waals surface area contributed by atoms with Crippen molar-refractivity contribution in [2.45, 2.75) is 10.8 Å². The minimum atomic E-state index is -3.55. The number of aromatic nitrogens is 1. The topological polar surface area (TPSA) is 50.3 Å². The quantitative estimate of drug-likeness (QED) is 0.860. The molecule has 0 saturated carbocycles. The Morgan fingerprint density at radius 1 is 1.26 bits per heavy atom. The van der Waals surface area contributed by atoms with Gasteiger partial charge in [0.25, 0.3) is 10.0 Å². The summed E-state index contributed by atoms with van der Waals surface area (Å²) in [5, 5.41) is 0.614. The number of sulfonamides is 1. The summed E-state index contributed by atoms with van der Waals surface area (Å²) in [7, 11) is -2.04. The Morgan fingerprint density at radius 3 is 2.42 bits per heavy atom. The molecule has 2 rings (SSSR count). The number of thiazole rings is 1. The number of benzene rings is 1. The van der Waals surface area contributed by atoms with Crippen LogP contribution in [0.2, 0.25) is 9.49 Å². The normalized spacial score (nSPS) is 12.0. The molecule has 1 heterocycles. The summed E-state index contributed by atoms with van der Waals surface area (Å²) >= 11 is 12.4. The Kier molecular flexibility index (Phi) is 4.47. The Balaban J connectivity index is 2.19. The molecule has 0 bridgehead atoms. The Morgan fingerprint density at radius 2 is 1.89 bits per heavy atom. The van der Waals surface area contributed by atoms with Crippen LogP contribution >= 0.6 is 34.5 Å². The highest BCUT2D eigenvalue weighted by atomic mass is 35.5. The summed E-state index contributed by atoms with van der Waals surface area (Å²) in [6.45, 7) is 0.259. The lowest BCUT2D eigenvalue weighted by Crippen LogP contribution is -2.25. The van der Waals surface area contributed by atoms with Gasteiger partial charge in [-0.2, -0.15) is 4.31 Å². The summed E-state index contributed by atoms with van der Waals surface area (Å²) in [4.78, 5) is 3.74. The van der Waals surface area contributed by atoms with Crippen LogP contribution < -0.4 is 0 Å². The third-order valence-electron chi connectivity index (χ3n) is 2.44. The molecule has 4 nitrogen and oxygen atoms in total. The van der Waals surface area contributed by atoms with E-state index in [1.54, 1.807) is 24.3 Å². The monoisotopic (exact) mass is 336 g/mol. The number of halogens is 2. The van der Waals surface area contributed by atoms with E-state index < -0.39 is 10.0 Å². The van der Waals surface area contributed by atoms with Crippen molar-refractivity contribution >= 4 is 44.6 Å². The fourth-order valence-corrected chi connectivity index (χ4v) is 4.23. The highest BCUT2D eigenvalue weighted by Gasteiger charge is 2.23. The van der Waals surface area contributed by atoms with Gasteiger partial charge in [0.1, 0.15) is 0 Å². The van der Waals surface area contributed by atoms with E-state index in [0.717, 1.165) is 16.9 Å². The second kappa shape index (κ2) is 5.76. The second-order valence-electron chi connectivity index (χ2n) is 3.82. The van der Waals surface area contributed by atoms with E-state index in [9.17, 15) is 8.42 Å². The third-order valence-corrected chi connectivity index (χ3v) is 6.05. The summed E-state index contributed by atoms with van der Waals surface area (Å²) in [5.41, 5.74) is 0.853. The maximum absolute atomic E-state index is 12.2. The van der Waals surface area contributed by atoms with Crippen molar-refractivity contribution in [2.24, 2.45) is 0 Å². The van der Waals surface area contributed by atoms with E-state index >= 15 is 0 Å². The van der Waals surface area contributed by atoms with Crippen molar-refractivity contribution in [2.75, 3.05) is 7.05 Å². The maximum atomic E-state index is 12.2. The zero-order valence-electron chi connectivity index (χ0n) is 9.88. The van der Waals surface area contributed by atoms with Crippen LogP contribution in [0.1, 0.15) is 5.56 Å². The molecular formula is C11H10Cl2N2O2S2. The summed E-state index contributed by atoms with van der Waals surface area (Å²) < 4.78 is 26.0. The van der Waals surface area contributed by atoms with E-state index in [0.29, 0.717) is 5.02 Å². The molecule has 0 aliphatic carbocycles. The number of hydrogen-bond donors (Lipinski definition) is 0. The van der Waals surface area contributed by atoms with Crippen molar-refractivity contribution < 1.29 is 8.42 Å². The van der Waals surface area contributed by atoms with Crippen molar-refractivity contribution in [1.29, 1.82) is 0 Å². The maximum Gasteiger partial charge on any atom is 0.254 e. The molecule has 1 aromatic heterocycles. The van der Waals surface area contributed by atoms with E-state index in [1.807, 2.05) is 0 Å². The Labute approximate surface area is 125 Å². The lowest BCUT2D eigenvalue weighted by atomic mass is 10.2. The van der Waals surface area contributed by atoms with Gasteiger partial charge in [0.05, 0.1) is 6.20 Å². The molecule has 0 aliphatic rings. The highest BCUT2D eigenvalue weighted by molar-refractivity contribution is 7.91. The summed E-state index contributed by atoms with van der Waals surface area (Å²) in [6, 6.07) is 7.02. The molecule has 0 aliphatic heterocycles. The van der Waals surface area contributed by atoms with Gasteiger partial charge in [-0.1, -0.05) is 46.7 Å². The molecule has 0 atom stereocenters. The van der Waals surface area contributed by atoms with Crippen LogP contribution in [0.3, 0.4) is 0 Å². The standard InChI is InChI=1S/C11H10Cl2N2O2S2/c1-15(7-8-2-4-9(12)5-3-8)19(16,17)10-6-14-11(13)18-10/h2-6H,7H2,1H3. The van der Waals surface area contributed by atoms with Gasteiger partial charge >= 0.3 is 0 Å². The lowest BCUT2D eigenvalue weighted by molar-refractivity contribution is 0.468. The van der Waals surface area contributed by atoms with Crippen LogP contribution in [0.15, 0.2) is 34.7 Å². The predicted molar refractivity (Wildman–Crippen MR) is 77.2 cm³/mol. The molecule has 0 amide bonds. The van der Waals surface area contributed by atoms with E-state index in [-0.39, 0.29) is 15.2 Å². The average Bonchev–Trinajstić information content (AvgIpc) is 2.79. The SMILES string of the molecule is CN(Cc1ccc(Cl)cc1)S(=O)(=O)c1cnc(Cl)s1. The van der Waals surface area contributed by atoms with Gasteiger partial charge in [-0.3, -0.25) is 0 Å². The van der Waals surface area contributed by atoms with Crippen LogP contribution in [-0.4, -0.2) is 24.8 Å². The van der Waals surface area contributed by atoms with Gasteiger partial charge in [-0.25, -0.2) is 13.4 Å². The lowest BCUT2D eigenvalue weighted by Gasteiger charge is -2.15. The van der Waals surface area contributed by atoms with Gasteiger partial charge < -0.3 is 0 Å². The first-order valence-electron chi connectivity index (χ1n) is 5.22. The fraction of sp³-hybridized carbons (Fsp3) is 0.182. The van der Waals surface area contributed by atoms with Crippen molar-refractivity contribution in [3.8, 4) is 0 Å². The number of rotatable bonds is 4. The van der Waals surface area contributed by atoms with E-state index in [2.05, 4.69) is 4.98 Å². The van der Waals surface area contributed by atoms with Crippen LogP contribution in [-0.2, 0) is 16.6 Å².